The number of amides is 1. The molecule has 2 heterocycles. The molecule has 1 saturated heterocycles. The van der Waals surface area contributed by atoms with Gasteiger partial charge in [0.25, 0.3) is 5.91 Å². The smallest absolute Gasteiger partial charge is 0.272 e. The highest BCUT2D eigenvalue weighted by atomic mass is 79.9. The first-order valence-electron chi connectivity index (χ1n) is 6.35. The number of nitrogens with zero attached hydrogens (tertiary/aromatic N) is 2. The second-order valence-electron chi connectivity index (χ2n) is 4.51. The number of pyridine rings is 1. The van der Waals surface area contributed by atoms with Gasteiger partial charge in [-0.25, -0.2) is 4.98 Å². The summed E-state index contributed by atoms with van der Waals surface area (Å²) in [4.78, 5) is 18.6. The highest BCUT2D eigenvalue weighted by molar-refractivity contribution is 9.10. The maximum absolute atomic E-state index is 12.5. The molecule has 18 heavy (non-hydrogen) atoms. The molecule has 5 heteroatoms. The number of carbonyl (C=O) groups excluding carboxylic acids is 1. The lowest BCUT2D eigenvalue weighted by Gasteiger charge is -2.27. The van der Waals surface area contributed by atoms with Crippen LogP contribution in [0.3, 0.4) is 0 Å². The van der Waals surface area contributed by atoms with E-state index in [0.29, 0.717) is 11.7 Å². The van der Waals surface area contributed by atoms with E-state index in [2.05, 4.69) is 33.2 Å². The van der Waals surface area contributed by atoms with Gasteiger partial charge in [-0.05, 0) is 47.4 Å². The van der Waals surface area contributed by atoms with E-state index in [1.807, 2.05) is 11.0 Å². The molecular weight excluding hydrogens is 294 g/mol. The number of carbonyl (C=O) groups is 1. The molecule has 0 unspecified atom stereocenters. The molecule has 2 rings (SSSR count). The summed E-state index contributed by atoms with van der Waals surface area (Å²) in [6, 6.07) is 3.94. The van der Waals surface area contributed by atoms with E-state index in [4.69, 9.17) is 0 Å². The van der Waals surface area contributed by atoms with E-state index in [-0.39, 0.29) is 5.91 Å². The largest absolute Gasteiger partial charge is 0.333 e. The molecule has 0 bridgehead atoms. The topological polar surface area (TPSA) is 45.2 Å². The van der Waals surface area contributed by atoms with Crippen molar-refractivity contribution < 1.29 is 4.79 Å². The van der Waals surface area contributed by atoms with Crippen LogP contribution in [0, 0.1) is 0 Å². The maximum atomic E-state index is 12.5. The van der Waals surface area contributed by atoms with Crippen LogP contribution in [-0.2, 0) is 0 Å². The zero-order chi connectivity index (χ0) is 13.0. The van der Waals surface area contributed by atoms with E-state index >= 15 is 0 Å². The first-order chi connectivity index (χ1) is 8.72. The van der Waals surface area contributed by atoms with E-state index in [1.165, 1.54) is 0 Å². The first-order valence-corrected chi connectivity index (χ1v) is 7.15. The van der Waals surface area contributed by atoms with Crippen LogP contribution < -0.4 is 5.32 Å². The van der Waals surface area contributed by atoms with Crippen molar-refractivity contribution in [3.8, 4) is 0 Å². The Labute approximate surface area is 116 Å². The fourth-order valence-corrected chi connectivity index (χ4v) is 2.48. The van der Waals surface area contributed by atoms with Crippen molar-refractivity contribution >= 4 is 21.8 Å². The zero-order valence-electron chi connectivity index (χ0n) is 10.5. The summed E-state index contributed by atoms with van der Waals surface area (Å²) >= 11 is 3.33. The SMILES string of the molecule is CCCN(C(=O)c1ccc(Br)cn1)[C@H]1CCNC1. The molecule has 1 aromatic heterocycles. The number of rotatable bonds is 4. The Morgan fingerprint density at radius 3 is 3.00 bits per heavy atom. The molecule has 0 aliphatic carbocycles. The summed E-state index contributed by atoms with van der Waals surface area (Å²) in [5, 5.41) is 3.30. The van der Waals surface area contributed by atoms with Gasteiger partial charge in [0.1, 0.15) is 5.69 Å². The summed E-state index contributed by atoms with van der Waals surface area (Å²) in [5.74, 6) is 0.0399. The van der Waals surface area contributed by atoms with E-state index in [9.17, 15) is 4.79 Å². The van der Waals surface area contributed by atoms with E-state index in [0.717, 1.165) is 36.9 Å². The lowest BCUT2D eigenvalue weighted by Crippen LogP contribution is -2.42. The van der Waals surface area contributed by atoms with Crippen molar-refractivity contribution in [1.82, 2.24) is 15.2 Å². The van der Waals surface area contributed by atoms with Crippen LogP contribution in [-0.4, -0.2) is 41.5 Å². The predicted molar refractivity (Wildman–Crippen MR) is 74.5 cm³/mol. The molecule has 1 aromatic rings. The van der Waals surface area contributed by atoms with Gasteiger partial charge in [0.05, 0.1) is 0 Å². The molecule has 1 atom stereocenters. The summed E-state index contributed by atoms with van der Waals surface area (Å²) in [7, 11) is 0. The van der Waals surface area contributed by atoms with Crippen molar-refractivity contribution in [2.75, 3.05) is 19.6 Å². The summed E-state index contributed by atoms with van der Waals surface area (Å²) in [5.41, 5.74) is 0.526. The minimum atomic E-state index is 0.0399. The maximum Gasteiger partial charge on any atom is 0.272 e. The molecule has 1 fully saturated rings. The Balaban J connectivity index is 2.14. The van der Waals surface area contributed by atoms with Crippen molar-refractivity contribution in [1.29, 1.82) is 0 Å². The Morgan fingerprint density at radius 1 is 1.61 bits per heavy atom. The van der Waals surface area contributed by atoms with E-state index < -0.39 is 0 Å². The lowest BCUT2D eigenvalue weighted by molar-refractivity contribution is 0.0686. The Hall–Kier alpha value is -0.940. The summed E-state index contributed by atoms with van der Waals surface area (Å²) < 4.78 is 0.892. The first kappa shape index (κ1) is 13.5. The van der Waals surface area contributed by atoms with Gasteiger partial charge in [-0.3, -0.25) is 4.79 Å². The molecule has 0 saturated carbocycles. The summed E-state index contributed by atoms with van der Waals surface area (Å²) in [6.45, 7) is 4.77. The van der Waals surface area contributed by atoms with Gasteiger partial charge in [-0.1, -0.05) is 6.92 Å². The normalized spacial score (nSPS) is 18.9. The molecule has 0 spiro atoms. The number of hydrogen-bond acceptors (Lipinski definition) is 3. The molecule has 1 aliphatic rings. The van der Waals surface area contributed by atoms with E-state index in [1.54, 1.807) is 12.3 Å². The predicted octanol–water partition coefficient (Wildman–Crippen LogP) is 2.06. The van der Waals surface area contributed by atoms with Gasteiger partial charge in [-0.2, -0.15) is 0 Å². The molecule has 1 aliphatic heterocycles. The summed E-state index contributed by atoms with van der Waals surface area (Å²) in [6.07, 6.45) is 3.67. The standard InChI is InChI=1S/C13H18BrN3O/c1-2-7-17(11-5-6-15-9-11)13(18)12-4-3-10(14)8-16-12/h3-4,8,11,15H,2,5-7,9H2,1H3/t11-/m0/s1. The van der Waals surface area contributed by atoms with Crippen molar-refractivity contribution in [3.63, 3.8) is 0 Å². The third kappa shape index (κ3) is 3.09. The van der Waals surface area contributed by atoms with Gasteiger partial charge >= 0.3 is 0 Å². The molecule has 98 valence electrons. The van der Waals surface area contributed by atoms with Crippen LogP contribution in [0.5, 0.6) is 0 Å². The van der Waals surface area contributed by atoms with Crippen LogP contribution in [0.1, 0.15) is 30.3 Å². The molecule has 1 amide bonds. The number of hydrogen-bond donors (Lipinski definition) is 1. The second-order valence-corrected chi connectivity index (χ2v) is 5.42. The van der Waals surface area contributed by atoms with Gasteiger partial charge in [0, 0.05) is 29.8 Å². The zero-order valence-corrected chi connectivity index (χ0v) is 12.1. The van der Waals surface area contributed by atoms with Crippen LogP contribution in [0.15, 0.2) is 22.8 Å². The molecule has 1 N–H and O–H groups in total. The number of aromatic nitrogens is 1. The highest BCUT2D eigenvalue weighted by Gasteiger charge is 2.27. The van der Waals surface area contributed by atoms with Gasteiger partial charge in [-0.15, -0.1) is 0 Å². The number of nitrogens with one attached hydrogen (secondary N) is 1. The Bertz CT molecular complexity index is 401. The second kappa shape index (κ2) is 6.29. The van der Waals surface area contributed by atoms with Crippen LogP contribution in [0.2, 0.25) is 0 Å². The van der Waals surface area contributed by atoms with Crippen molar-refractivity contribution in [2.45, 2.75) is 25.8 Å². The lowest BCUT2D eigenvalue weighted by atomic mass is 10.2. The van der Waals surface area contributed by atoms with Crippen molar-refractivity contribution in [2.24, 2.45) is 0 Å². The van der Waals surface area contributed by atoms with Crippen LogP contribution >= 0.6 is 15.9 Å². The molecular formula is C13H18BrN3O. The minimum Gasteiger partial charge on any atom is -0.333 e. The molecule has 4 nitrogen and oxygen atoms in total. The third-order valence-corrected chi connectivity index (χ3v) is 3.62. The van der Waals surface area contributed by atoms with Crippen LogP contribution in [0.4, 0.5) is 0 Å². The van der Waals surface area contributed by atoms with Crippen LogP contribution in [0.25, 0.3) is 0 Å². The van der Waals surface area contributed by atoms with Gasteiger partial charge in [0.2, 0.25) is 0 Å². The quantitative estimate of drug-likeness (QED) is 0.925. The highest BCUT2D eigenvalue weighted by Crippen LogP contribution is 2.14. The Kier molecular flexibility index (Phi) is 4.72. The fourth-order valence-electron chi connectivity index (χ4n) is 2.25. The fraction of sp³-hybridized carbons (Fsp3) is 0.538. The Morgan fingerprint density at radius 2 is 2.44 bits per heavy atom. The monoisotopic (exact) mass is 311 g/mol. The molecule has 0 aromatic carbocycles. The third-order valence-electron chi connectivity index (χ3n) is 3.15. The number of halogens is 1. The molecule has 0 radical (unpaired) electrons. The average Bonchev–Trinajstić information content (AvgIpc) is 2.90. The minimum absolute atomic E-state index is 0.0399. The van der Waals surface area contributed by atoms with Crippen molar-refractivity contribution in [3.05, 3.63) is 28.5 Å². The van der Waals surface area contributed by atoms with Gasteiger partial charge < -0.3 is 10.2 Å². The van der Waals surface area contributed by atoms with Gasteiger partial charge in [0.15, 0.2) is 0 Å². The average molecular weight is 312 g/mol.